The fraction of sp³-hybridized carbons (Fsp3) is 0.500. The first-order valence-electron chi connectivity index (χ1n) is 5.42. The zero-order valence-corrected chi connectivity index (χ0v) is 9.59. The molecule has 2 rings (SSSR count). The summed E-state index contributed by atoms with van der Waals surface area (Å²) in [6.45, 7) is -0.548. The van der Waals surface area contributed by atoms with Gasteiger partial charge >= 0.3 is 5.69 Å². The first-order chi connectivity index (χ1) is 8.99. The number of aromatic amines is 1. The van der Waals surface area contributed by atoms with Crippen LogP contribution in [-0.2, 0) is 4.74 Å². The minimum absolute atomic E-state index is 0.246. The molecule has 0 bridgehead atoms. The molecule has 9 heteroatoms. The van der Waals surface area contributed by atoms with Crippen LogP contribution < -0.4 is 11.2 Å². The Hall–Kier alpha value is -1.81. The van der Waals surface area contributed by atoms with E-state index in [2.05, 4.69) is 0 Å². The van der Waals surface area contributed by atoms with E-state index in [9.17, 15) is 24.6 Å². The van der Waals surface area contributed by atoms with Crippen LogP contribution in [0.1, 0.15) is 16.6 Å². The van der Waals surface area contributed by atoms with Gasteiger partial charge in [-0.15, -0.1) is 0 Å². The van der Waals surface area contributed by atoms with Crippen LogP contribution in [-0.4, -0.2) is 56.1 Å². The Morgan fingerprint density at radius 1 is 1.37 bits per heavy atom. The van der Waals surface area contributed by atoms with Crippen LogP contribution in [0.3, 0.4) is 0 Å². The van der Waals surface area contributed by atoms with Crippen LogP contribution in [0.2, 0.25) is 0 Å². The summed E-state index contributed by atoms with van der Waals surface area (Å²) in [5.41, 5.74) is -2.08. The van der Waals surface area contributed by atoms with Gasteiger partial charge < -0.3 is 20.1 Å². The molecule has 0 aromatic carbocycles. The highest BCUT2D eigenvalue weighted by molar-refractivity contribution is 5.73. The molecule has 0 saturated carbocycles. The number of aliphatic hydroxyl groups is 3. The van der Waals surface area contributed by atoms with Gasteiger partial charge in [0.15, 0.2) is 12.5 Å². The molecule has 1 aromatic rings. The minimum Gasteiger partial charge on any atom is -0.394 e. The Labute approximate surface area is 105 Å². The third kappa shape index (κ3) is 2.24. The normalized spacial score (nSPS) is 30.5. The van der Waals surface area contributed by atoms with Crippen molar-refractivity contribution in [2.75, 3.05) is 6.61 Å². The molecule has 104 valence electrons. The number of ether oxygens (including phenoxy) is 1. The zero-order valence-electron chi connectivity index (χ0n) is 9.59. The maximum absolute atomic E-state index is 11.6. The van der Waals surface area contributed by atoms with Gasteiger partial charge in [-0.3, -0.25) is 19.1 Å². The van der Waals surface area contributed by atoms with Crippen LogP contribution >= 0.6 is 0 Å². The number of hydrogen-bond acceptors (Lipinski definition) is 7. The first kappa shape index (κ1) is 13.6. The predicted octanol–water partition coefficient (Wildman–Crippen LogP) is -3.04. The molecule has 0 spiro atoms. The largest absolute Gasteiger partial charge is 0.394 e. The van der Waals surface area contributed by atoms with Crippen molar-refractivity contribution in [3.05, 3.63) is 32.6 Å². The Bertz CT molecular complexity index is 592. The molecule has 0 radical (unpaired) electrons. The number of rotatable bonds is 3. The molecular formula is C10H12N2O7. The van der Waals surface area contributed by atoms with E-state index in [1.54, 1.807) is 0 Å². The molecule has 19 heavy (non-hydrogen) atoms. The SMILES string of the molecule is O=Cc1cn([C@@H]2O[C@H](CO)[C@@H](O)[C@@H]2O)c(=O)[nH]c1=O. The molecular weight excluding hydrogens is 260 g/mol. The Morgan fingerprint density at radius 2 is 2.05 bits per heavy atom. The number of aliphatic hydroxyl groups excluding tert-OH is 3. The van der Waals surface area contributed by atoms with Crippen LogP contribution in [0.25, 0.3) is 0 Å². The summed E-state index contributed by atoms with van der Waals surface area (Å²) in [6.07, 6.45) is -4.03. The third-order valence-corrected chi connectivity index (χ3v) is 2.91. The van der Waals surface area contributed by atoms with Gasteiger partial charge in [0.2, 0.25) is 0 Å². The summed E-state index contributed by atoms with van der Waals surface area (Å²) in [5.74, 6) is 0. The van der Waals surface area contributed by atoms with E-state index >= 15 is 0 Å². The average molecular weight is 272 g/mol. The van der Waals surface area contributed by atoms with E-state index in [1.807, 2.05) is 4.98 Å². The smallest absolute Gasteiger partial charge is 0.330 e. The molecule has 4 N–H and O–H groups in total. The average Bonchev–Trinajstić information content (AvgIpc) is 2.67. The molecule has 1 aliphatic rings. The molecule has 1 aromatic heterocycles. The molecule has 1 fully saturated rings. The molecule has 1 saturated heterocycles. The van der Waals surface area contributed by atoms with Gasteiger partial charge in [-0.2, -0.15) is 0 Å². The number of aromatic nitrogens is 2. The van der Waals surface area contributed by atoms with Crippen molar-refractivity contribution in [3.63, 3.8) is 0 Å². The third-order valence-electron chi connectivity index (χ3n) is 2.91. The number of nitrogens with zero attached hydrogens (tertiary/aromatic N) is 1. The van der Waals surface area contributed by atoms with Crippen LogP contribution in [0, 0.1) is 0 Å². The lowest BCUT2D eigenvalue weighted by Crippen LogP contribution is -2.38. The second-order valence-corrected chi connectivity index (χ2v) is 4.10. The van der Waals surface area contributed by atoms with E-state index in [0.717, 1.165) is 10.8 Å². The number of aldehydes is 1. The summed E-state index contributed by atoms with van der Waals surface area (Å²) in [5, 5.41) is 28.2. The molecule has 0 unspecified atom stereocenters. The Morgan fingerprint density at radius 3 is 2.58 bits per heavy atom. The summed E-state index contributed by atoms with van der Waals surface area (Å²) in [6, 6.07) is 0. The maximum Gasteiger partial charge on any atom is 0.330 e. The highest BCUT2D eigenvalue weighted by Crippen LogP contribution is 2.27. The van der Waals surface area contributed by atoms with Crippen LogP contribution in [0.4, 0.5) is 0 Å². The van der Waals surface area contributed by atoms with Gasteiger partial charge in [-0.05, 0) is 0 Å². The highest BCUT2D eigenvalue weighted by atomic mass is 16.6. The van der Waals surface area contributed by atoms with Crippen molar-refractivity contribution in [2.24, 2.45) is 0 Å². The predicted molar refractivity (Wildman–Crippen MR) is 59.7 cm³/mol. The van der Waals surface area contributed by atoms with Gasteiger partial charge in [0, 0.05) is 6.20 Å². The van der Waals surface area contributed by atoms with Gasteiger partial charge in [0.25, 0.3) is 5.56 Å². The molecule has 0 amide bonds. The Balaban J connectivity index is 2.46. The number of hydrogen-bond donors (Lipinski definition) is 4. The second-order valence-electron chi connectivity index (χ2n) is 4.10. The molecule has 1 aliphatic heterocycles. The van der Waals surface area contributed by atoms with Crippen LogP contribution in [0.5, 0.6) is 0 Å². The van der Waals surface area contributed by atoms with Crippen molar-refractivity contribution in [2.45, 2.75) is 24.5 Å². The fourth-order valence-electron chi connectivity index (χ4n) is 1.88. The number of carbonyl (C=O) groups is 1. The fourth-order valence-corrected chi connectivity index (χ4v) is 1.88. The van der Waals surface area contributed by atoms with E-state index in [1.165, 1.54) is 0 Å². The summed E-state index contributed by atoms with van der Waals surface area (Å²) in [7, 11) is 0. The number of carbonyl (C=O) groups excluding carboxylic acids is 1. The molecule has 4 atom stereocenters. The van der Waals surface area contributed by atoms with Crippen LogP contribution in [0.15, 0.2) is 15.8 Å². The second kappa shape index (κ2) is 5.05. The summed E-state index contributed by atoms with van der Waals surface area (Å²) < 4.78 is 5.90. The lowest BCUT2D eigenvalue weighted by atomic mass is 10.1. The molecule has 2 heterocycles. The van der Waals surface area contributed by atoms with Crippen molar-refractivity contribution in [1.29, 1.82) is 0 Å². The lowest BCUT2D eigenvalue weighted by molar-refractivity contribution is -0.0550. The van der Waals surface area contributed by atoms with Gasteiger partial charge in [-0.25, -0.2) is 4.79 Å². The number of H-pyrrole nitrogens is 1. The van der Waals surface area contributed by atoms with E-state index in [-0.39, 0.29) is 11.8 Å². The monoisotopic (exact) mass is 272 g/mol. The van der Waals surface area contributed by atoms with Gasteiger partial charge in [0.1, 0.15) is 18.3 Å². The zero-order chi connectivity index (χ0) is 14.2. The Kier molecular flexibility index (Phi) is 3.62. The standard InChI is InChI=1S/C10H12N2O7/c13-2-4-1-12(10(18)11-8(4)17)9-7(16)6(15)5(3-14)19-9/h1-2,5-7,9,14-16H,3H2,(H,11,17,18)/t5-,6-,7+,9-/m1/s1. The first-order valence-corrected chi connectivity index (χ1v) is 5.42. The van der Waals surface area contributed by atoms with E-state index in [4.69, 9.17) is 9.84 Å². The van der Waals surface area contributed by atoms with Crippen molar-refractivity contribution in [1.82, 2.24) is 9.55 Å². The van der Waals surface area contributed by atoms with Gasteiger partial charge in [-0.1, -0.05) is 0 Å². The number of nitrogens with one attached hydrogen (secondary N) is 1. The quantitative estimate of drug-likeness (QED) is 0.428. The summed E-state index contributed by atoms with van der Waals surface area (Å²) in [4.78, 5) is 35.3. The van der Waals surface area contributed by atoms with Gasteiger partial charge in [0.05, 0.1) is 12.2 Å². The van der Waals surface area contributed by atoms with Crippen molar-refractivity contribution in [3.8, 4) is 0 Å². The molecule has 9 nitrogen and oxygen atoms in total. The maximum atomic E-state index is 11.6. The lowest BCUT2D eigenvalue weighted by Gasteiger charge is -2.17. The van der Waals surface area contributed by atoms with E-state index in [0.29, 0.717) is 0 Å². The highest BCUT2D eigenvalue weighted by Gasteiger charge is 2.43. The van der Waals surface area contributed by atoms with E-state index < -0.39 is 42.4 Å². The summed E-state index contributed by atoms with van der Waals surface area (Å²) >= 11 is 0. The minimum atomic E-state index is -1.47. The van der Waals surface area contributed by atoms with Crippen molar-refractivity contribution < 1.29 is 24.9 Å². The topological polar surface area (TPSA) is 142 Å². The molecule has 0 aliphatic carbocycles. The van der Waals surface area contributed by atoms with Crippen molar-refractivity contribution >= 4 is 6.29 Å².